The van der Waals surface area contributed by atoms with Crippen LogP contribution >= 0.6 is 11.8 Å². The van der Waals surface area contributed by atoms with Gasteiger partial charge in [0.05, 0.1) is 5.69 Å². The molecule has 0 saturated heterocycles. The van der Waals surface area contributed by atoms with Gasteiger partial charge < -0.3 is 20.7 Å². The van der Waals surface area contributed by atoms with Crippen LogP contribution in [0.5, 0.6) is 0 Å². The van der Waals surface area contributed by atoms with Gasteiger partial charge in [0.15, 0.2) is 5.37 Å². The SMILES string of the molecule is CC(C)(CC(=O)NC1Sc2ccccc2NC1=O)NC(=O)OC(C)(C)C. The Kier molecular flexibility index (Phi) is 5.85. The number of benzene rings is 1. The lowest BCUT2D eigenvalue weighted by Gasteiger charge is -2.29. The van der Waals surface area contributed by atoms with Gasteiger partial charge in [0, 0.05) is 16.9 Å². The number of carbonyl (C=O) groups is 3. The highest BCUT2D eigenvalue weighted by molar-refractivity contribution is 8.01. The van der Waals surface area contributed by atoms with Crippen LogP contribution in [0.25, 0.3) is 0 Å². The van der Waals surface area contributed by atoms with E-state index in [0.717, 1.165) is 10.6 Å². The molecular weight excluding hydrogens is 354 g/mol. The van der Waals surface area contributed by atoms with Crippen LogP contribution < -0.4 is 16.0 Å². The van der Waals surface area contributed by atoms with Crippen LogP contribution in [0.4, 0.5) is 10.5 Å². The molecule has 7 nitrogen and oxygen atoms in total. The van der Waals surface area contributed by atoms with E-state index in [9.17, 15) is 14.4 Å². The quantitative estimate of drug-likeness (QED) is 0.747. The molecule has 1 aromatic carbocycles. The average molecular weight is 379 g/mol. The van der Waals surface area contributed by atoms with Gasteiger partial charge >= 0.3 is 6.09 Å². The van der Waals surface area contributed by atoms with E-state index in [1.54, 1.807) is 34.6 Å². The van der Waals surface area contributed by atoms with E-state index < -0.39 is 22.6 Å². The summed E-state index contributed by atoms with van der Waals surface area (Å²) in [5.41, 5.74) is -0.702. The fraction of sp³-hybridized carbons (Fsp3) is 0.500. The molecule has 26 heavy (non-hydrogen) atoms. The van der Waals surface area contributed by atoms with Crippen molar-refractivity contribution < 1.29 is 19.1 Å². The summed E-state index contributed by atoms with van der Waals surface area (Å²) in [7, 11) is 0. The molecule has 2 rings (SSSR count). The Hall–Kier alpha value is -2.22. The number of hydrogen-bond acceptors (Lipinski definition) is 5. The normalized spacial score (nSPS) is 17.0. The lowest BCUT2D eigenvalue weighted by molar-refractivity contribution is -0.125. The topological polar surface area (TPSA) is 96.5 Å². The lowest BCUT2D eigenvalue weighted by atomic mass is 10.0. The number of carbonyl (C=O) groups excluding carboxylic acids is 3. The molecular formula is C18H25N3O4S. The molecule has 0 aromatic heterocycles. The first-order chi connectivity index (χ1) is 12.0. The molecule has 1 atom stereocenters. The maximum Gasteiger partial charge on any atom is 0.408 e. The van der Waals surface area contributed by atoms with Gasteiger partial charge in [-0.1, -0.05) is 23.9 Å². The highest BCUT2D eigenvalue weighted by atomic mass is 32.2. The van der Waals surface area contributed by atoms with Crippen LogP contribution in [0, 0.1) is 0 Å². The third-order valence-corrected chi connectivity index (χ3v) is 4.54. The molecule has 1 aliphatic heterocycles. The minimum Gasteiger partial charge on any atom is -0.444 e. The molecule has 3 amide bonds. The summed E-state index contributed by atoms with van der Waals surface area (Å²) in [5, 5.41) is 7.44. The Balaban J connectivity index is 1.91. The van der Waals surface area contributed by atoms with Gasteiger partial charge in [-0.05, 0) is 46.8 Å². The molecule has 1 aromatic rings. The van der Waals surface area contributed by atoms with E-state index in [0.29, 0.717) is 0 Å². The second kappa shape index (κ2) is 7.57. The van der Waals surface area contributed by atoms with Crippen molar-refractivity contribution in [2.45, 2.75) is 62.4 Å². The van der Waals surface area contributed by atoms with Crippen LogP contribution in [-0.2, 0) is 14.3 Å². The number of nitrogens with one attached hydrogen (secondary N) is 3. The molecule has 142 valence electrons. The van der Waals surface area contributed by atoms with Crippen LogP contribution in [0.2, 0.25) is 0 Å². The Bertz CT molecular complexity index is 713. The number of para-hydroxylation sites is 1. The lowest BCUT2D eigenvalue weighted by Crippen LogP contribution is -2.50. The van der Waals surface area contributed by atoms with E-state index in [-0.39, 0.29) is 18.2 Å². The molecule has 0 spiro atoms. The molecule has 0 saturated carbocycles. The standard InChI is InChI=1S/C18H25N3O4S/c1-17(2,3)25-16(24)21-18(4,5)10-13(22)20-15-14(23)19-11-8-6-7-9-12(11)26-15/h6-9,15H,10H2,1-5H3,(H,19,23)(H,20,22)(H,21,24). The number of anilines is 1. The Morgan fingerprint density at radius 3 is 2.50 bits per heavy atom. The van der Waals surface area contributed by atoms with Crippen molar-refractivity contribution in [1.29, 1.82) is 0 Å². The molecule has 3 N–H and O–H groups in total. The number of ether oxygens (including phenoxy) is 1. The Labute approximate surface area is 157 Å². The van der Waals surface area contributed by atoms with Crippen molar-refractivity contribution in [3.63, 3.8) is 0 Å². The van der Waals surface area contributed by atoms with Crippen LogP contribution in [0.1, 0.15) is 41.0 Å². The van der Waals surface area contributed by atoms with Gasteiger partial charge in [-0.25, -0.2) is 4.79 Å². The van der Waals surface area contributed by atoms with Gasteiger partial charge in [-0.2, -0.15) is 0 Å². The van der Waals surface area contributed by atoms with Crippen molar-refractivity contribution in [3.8, 4) is 0 Å². The molecule has 0 radical (unpaired) electrons. The smallest absolute Gasteiger partial charge is 0.408 e. The van der Waals surface area contributed by atoms with Crippen molar-refractivity contribution in [2.75, 3.05) is 5.32 Å². The summed E-state index contributed by atoms with van der Waals surface area (Å²) < 4.78 is 5.21. The van der Waals surface area contributed by atoms with Crippen molar-refractivity contribution in [3.05, 3.63) is 24.3 Å². The van der Waals surface area contributed by atoms with Crippen molar-refractivity contribution in [1.82, 2.24) is 10.6 Å². The van der Waals surface area contributed by atoms with E-state index in [1.165, 1.54) is 11.8 Å². The molecule has 1 heterocycles. The molecule has 0 bridgehead atoms. The first-order valence-corrected chi connectivity index (χ1v) is 9.20. The van der Waals surface area contributed by atoms with Gasteiger partial charge in [-0.3, -0.25) is 9.59 Å². The van der Waals surface area contributed by atoms with Crippen LogP contribution in [0.3, 0.4) is 0 Å². The number of rotatable bonds is 4. The first-order valence-electron chi connectivity index (χ1n) is 8.32. The summed E-state index contributed by atoms with van der Waals surface area (Å²) >= 11 is 1.29. The third-order valence-electron chi connectivity index (χ3n) is 3.36. The van der Waals surface area contributed by atoms with Crippen molar-refractivity contribution in [2.24, 2.45) is 0 Å². The van der Waals surface area contributed by atoms with Crippen molar-refractivity contribution >= 4 is 35.4 Å². The van der Waals surface area contributed by atoms with Gasteiger partial charge in [0.25, 0.3) is 5.91 Å². The maximum absolute atomic E-state index is 12.4. The summed E-state index contributed by atoms with van der Waals surface area (Å²) in [6, 6.07) is 7.40. The summed E-state index contributed by atoms with van der Waals surface area (Å²) in [6.07, 6.45) is -0.577. The summed E-state index contributed by atoms with van der Waals surface area (Å²) in [4.78, 5) is 37.3. The Morgan fingerprint density at radius 2 is 1.85 bits per heavy atom. The second-order valence-electron chi connectivity index (χ2n) is 7.74. The third kappa shape index (κ3) is 5.94. The van der Waals surface area contributed by atoms with Crippen LogP contribution in [-0.4, -0.2) is 34.4 Å². The van der Waals surface area contributed by atoms with Gasteiger partial charge in [-0.15, -0.1) is 0 Å². The fourth-order valence-electron chi connectivity index (χ4n) is 2.37. The molecule has 1 unspecified atom stereocenters. The van der Waals surface area contributed by atoms with E-state index in [2.05, 4.69) is 16.0 Å². The number of hydrogen-bond donors (Lipinski definition) is 3. The average Bonchev–Trinajstić information content (AvgIpc) is 2.44. The van der Waals surface area contributed by atoms with Crippen LogP contribution in [0.15, 0.2) is 29.2 Å². The number of alkyl carbamates (subject to hydrolysis) is 1. The molecule has 8 heteroatoms. The summed E-state index contributed by atoms with van der Waals surface area (Å²) in [6.45, 7) is 8.74. The second-order valence-corrected chi connectivity index (χ2v) is 8.89. The zero-order chi connectivity index (χ0) is 19.5. The van der Waals surface area contributed by atoms with Gasteiger partial charge in [0.2, 0.25) is 5.91 Å². The highest BCUT2D eigenvalue weighted by Gasteiger charge is 2.31. The fourth-order valence-corrected chi connectivity index (χ4v) is 3.38. The molecule has 0 aliphatic carbocycles. The van der Waals surface area contributed by atoms with Gasteiger partial charge in [0.1, 0.15) is 5.60 Å². The predicted octanol–water partition coefficient (Wildman–Crippen LogP) is 2.87. The molecule has 1 aliphatic rings. The Morgan fingerprint density at radius 1 is 1.19 bits per heavy atom. The highest BCUT2D eigenvalue weighted by Crippen LogP contribution is 2.34. The summed E-state index contributed by atoms with van der Waals surface area (Å²) in [5.74, 6) is -0.613. The number of fused-ring (bicyclic) bond motifs is 1. The number of thioether (sulfide) groups is 1. The largest absolute Gasteiger partial charge is 0.444 e. The monoisotopic (exact) mass is 379 g/mol. The zero-order valence-corrected chi connectivity index (χ0v) is 16.5. The maximum atomic E-state index is 12.4. The van der Waals surface area contributed by atoms with E-state index in [1.807, 2.05) is 24.3 Å². The predicted molar refractivity (Wildman–Crippen MR) is 101 cm³/mol. The zero-order valence-electron chi connectivity index (χ0n) is 15.6. The minimum absolute atomic E-state index is 0.0121. The minimum atomic E-state index is -0.819. The molecule has 0 fully saturated rings. The number of amides is 3. The van der Waals surface area contributed by atoms with E-state index >= 15 is 0 Å². The van der Waals surface area contributed by atoms with E-state index in [4.69, 9.17) is 4.74 Å². The first kappa shape index (κ1) is 20.1.